The monoisotopic (exact) mass is 396 g/mol. The number of rotatable bonds is 4. The van der Waals surface area contributed by atoms with Crippen molar-refractivity contribution in [2.24, 2.45) is 11.7 Å². The van der Waals surface area contributed by atoms with E-state index < -0.39 is 6.10 Å². The molecule has 0 radical (unpaired) electrons. The van der Waals surface area contributed by atoms with Gasteiger partial charge in [0.15, 0.2) is 17.3 Å². The molecular formula is C17H21ClN4O5. The van der Waals surface area contributed by atoms with Gasteiger partial charge in [0, 0.05) is 17.5 Å². The highest BCUT2D eigenvalue weighted by atomic mass is 35.5. The second kappa shape index (κ2) is 8.12. The van der Waals surface area contributed by atoms with Gasteiger partial charge in [-0.25, -0.2) is 0 Å². The van der Waals surface area contributed by atoms with E-state index in [2.05, 4.69) is 15.5 Å². The third-order valence-electron chi connectivity index (χ3n) is 4.74. The molecule has 1 saturated carbocycles. The number of amides is 1. The van der Waals surface area contributed by atoms with Crippen molar-refractivity contribution < 1.29 is 23.9 Å². The molecule has 4 N–H and O–H groups in total. The number of aliphatic hydroxyl groups excluding tert-OH is 1. The zero-order chi connectivity index (χ0) is 18.1. The lowest BCUT2D eigenvalue weighted by atomic mass is 9.84. The first-order chi connectivity index (χ1) is 12.6. The number of nitrogens with zero attached hydrogens (tertiary/aromatic N) is 2. The molecule has 1 fully saturated rings. The van der Waals surface area contributed by atoms with Gasteiger partial charge in [0.25, 0.3) is 5.89 Å². The van der Waals surface area contributed by atoms with Crippen LogP contribution in [0.4, 0.5) is 0 Å². The van der Waals surface area contributed by atoms with Crippen LogP contribution in [-0.2, 0) is 11.3 Å². The zero-order valence-electron chi connectivity index (χ0n) is 14.5. The molecule has 0 unspecified atom stereocenters. The Hall–Kier alpha value is -2.36. The number of fused-ring (bicyclic) bond motifs is 1. The van der Waals surface area contributed by atoms with Gasteiger partial charge in [-0.1, -0.05) is 5.16 Å². The number of hydrogen-bond donors (Lipinski definition) is 3. The van der Waals surface area contributed by atoms with E-state index >= 15 is 0 Å². The van der Waals surface area contributed by atoms with Crippen LogP contribution in [0.5, 0.6) is 11.5 Å². The minimum atomic E-state index is -0.527. The molecule has 10 heteroatoms. The van der Waals surface area contributed by atoms with Crippen LogP contribution in [0.2, 0.25) is 0 Å². The molecule has 0 saturated heterocycles. The molecule has 1 aliphatic heterocycles. The summed E-state index contributed by atoms with van der Waals surface area (Å²) in [6, 6.07) is 5.00. The number of aromatic nitrogens is 2. The van der Waals surface area contributed by atoms with E-state index in [-0.39, 0.29) is 43.6 Å². The summed E-state index contributed by atoms with van der Waals surface area (Å²) in [7, 11) is 0. The lowest BCUT2D eigenvalue weighted by Crippen LogP contribution is -2.44. The number of ether oxygens (including phenoxy) is 2. The fraction of sp³-hybridized carbons (Fsp3) is 0.471. The Kier molecular flexibility index (Phi) is 5.83. The maximum atomic E-state index is 12.3. The number of nitrogens with two attached hydrogens (primary N) is 1. The Morgan fingerprint density at radius 3 is 2.93 bits per heavy atom. The minimum absolute atomic E-state index is 0. The van der Waals surface area contributed by atoms with Gasteiger partial charge in [0.05, 0.1) is 12.6 Å². The topological polar surface area (TPSA) is 133 Å². The summed E-state index contributed by atoms with van der Waals surface area (Å²) in [5, 5.41) is 16.3. The second-order valence-corrected chi connectivity index (χ2v) is 6.54. The van der Waals surface area contributed by atoms with Gasteiger partial charge >= 0.3 is 0 Å². The first-order valence-electron chi connectivity index (χ1n) is 8.54. The maximum Gasteiger partial charge on any atom is 0.258 e. The third-order valence-corrected chi connectivity index (χ3v) is 4.74. The van der Waals surface area contributed by atoms with E-state index in [1.165, 1.54) is 0 Å². The van der Waals surface area contributed by atoms with Gasteiger partial charge in [-0.3, -0.25) is 4.79 Å². The molecule has 0 spiro atoms. The summed E-state index contributed by atoms with van der Waals surface area (Å²) in [4.78, 5) is 16.6. The first kappa shape index (κ1) is 19.4. The number of benzene rings is 1. The maximum absolute atomic E-state index is 12.3. The lowest BCUT2D eigenvalue weighted by Gasteiger charge is -2.29. The van der Waals surface area contributed by atoms with Gasteiger partial charge < -0.3 is 30.2 Å². The van der Waals surface area contributed by atoms with Crippen molar-refractivity contribution in [2.75, 3.05) is 6.79 Å². The Morgan fingerprint density at radius 1 is 1.30 bits per heavy atom. The van der Waals surface area contributed by atoms with Crippen molar-refractivity contribution in [3.8, 4) is 23.0 Å². The number of halogens is 1. The molecule has 4 rings (SSSR count). The number of carbonyl (C=O) groups excluding carboxylic acids is 1. The van der Waals surface area contributed by atoms with Crippen LogP contribution >= 0.6 is 12.4 Å². The summed E-state index contributed by atoms with van der Waals surface area (Å²) in [6.07, 6.45) is 1.10. The van der Waals surface area contributed by atoms with Crippen LogP contribution in [0.3, 0.4) is 0 Å². The third kappa shape index (κ3) is 4.15. The molecule has 0 bridgehead atoms. The Labute approximate surface area is 161 Å². The largest absolute Gasteiger partial charge is 0.454 e. The standard InChI is InChI=1S/C17H20N4O5.ClH/c18-11-5-9(1-3-12(11)22)16(23)19-7-15-20-17(26-21-15)10-2-4-13-14(6-10)25-8-24-13;/h2,4,6,9,11-12,22H,1,3,5,7-8,18H2,(H,19,23);1H/t9-,11+,12+;/m0./s1. The van der Waals surface area contributed by atoms with Gasteiger partial charge in [-0.15, -0.1) is 12.4 Å². The quantitative estimate of drug-likeness (QED) is 0.696. The van der Waals surface area contributed by atoms with Crippen LogP contribution in [0.1, 0.15) is 25.1 Å². The summed E-state index contributed by atoms with van der Waals surface area (Å²) in [6.45, 7) is 0.364. The van der Waals surface area contributed by atoms with Gasteiger partial charge in [-0.2, -0.15) is 4.98 Å². The highest BCUT2D eigenvalue weighted by Gasteiger charge is 2.30. The average molecular weight is 397 g/mol. The van der Waals surface area contributed by atoms with E-state index in [9.17, 15) is 9.90 Å². The van der Waals surface area contributed by atoms with Crippen LogP contribution in [-0.4, -0.2) is 40.1 Å². The van der Waals surface area contributed by atoms with Crippen molar-refractivity contribution in [3.63, 3.8) is 0 Å². The Balaban J connectivity index is 0.00000210. The highest BCUT2D eigenvalue weighted by Crippen LogP contribution is 2.35. The van der Waals surface area contributed by atoms with Crippen LogP contribution in [0.15, 0.2) is 22.7 Å². The molecule has 146 valence electrons. The van der Waals surface area contributed by atoms with Crippen LogP contribution < -0.4 is 20.5 Å². The molecule has 2 heterocycles. The Morgan fingerprint density at radius 2 is 2.11 bits per heavy atom. The molecule has 9 nitrogen and oxygen atoms in total. The molecule has 27 heavy (non-hydrogen) atoms. The number of carbonyl (C=O) groups is 1. The molecule has 2 aromatic rings. The molecular weight excluding hydrogens is 376 g/mol. The highest BCUT2D eigenvalue weighted by molar-refractivity contribution is 5.85. The molecule has 1 aromatic carbocycles. The fourth-order valence-corrected chi connectivity index (χ4v) is 3.21. The average Bonchev–Trinajstić information content (AvgIpc) is 3.30. The normalized spacial score (nSPS) is 23.6. The zero-order valence-corrected chi connectivity index (χ0v) is 15.3. The number of aliphatic hydroxyl groups is 1. The van der Waals surface area contributed by atoms with E-state index in [0.29, 0.717) is 48.0 Å². The van der Waals surface area contributed by atoms with Gasteiger partial charge in [-0.05, 0) is 37.5 Å². The van der Waals surface area contributed by atoms with Gasteiger partial charge in [0.1, 0.15) is 0 Å². The van der Waals surface area contributed by atoms with E-state index in [4.69, 9.17) is 19.7 Å². The van der Waals surface area contributed by atoms with E-state index in [0.717, 1.165) is 0 Å². The predicted octanol–water partition coefficient (Wildman–Crippen LogP) is 0.992. The van der Waals surface area contributed by atoms with Crippen molar-refractivity contribution >= 4 is 18.3 Å². The predicted molar refractivity (Wildman–Crippen MR) is 96.3 cm³/mol. The van der Waals surface area contributed by atoms with Crippen molar-refractivity contribution in [1.82, 2.24) is 15.5 Å². The van der Waals surface area contributed by atoms with Crippen molar-refractivity contribution in [3.05, 3.63) is 24.0 Å². The van der Waals surface area contributed by atoms with E-state index in [1.54, 1.807) is 18.2 Å². The molecule has 1 aliphatic carbocycles. The second-order valence-electron chi connectivity index (χ2n) is 6.54. The summed E-state index contributed by atoms with van der Waals surface area (Å²) in [5.41, 5.74) is 6.55. The fourth-order valence-electron chi connectivity index (χ4n) is 3.21. The Bertz CT molecular complexity index is 814. The molecule has 1 aromatic heterocycles. The number of nitrogens with one attached hydrogen (secondary N) is 1. The van der Waals surface area contributed by atoms with Crippen molar-refractivity contribution in [1.29, 1.82) is 0 Å². The molecule has 2 aliphatic rings. The minimum Gasteiger partial charge on any atom is -0.454 e. The van der Waals surface area contributed by atoms with E-state index in [1.807, 2.05) is 0 Å². The smallest absolute Gasteiger partial charge is 0.258 e. The first-order valence-corrected chi connectivity index (χ1v) is 8.54. The molecule has 1 amide bonds. The van der Waals surface area contributed by atoms with Gasteiger partial charge in [0.2, 0.25) is 12.7 Å². The van der Waals surface area contributed by atoms with Crippen LogP contribution in [0, 0.1) is 5.92 Å². The number of hydrogen-bond acceptors (Lipinski definition) is 8. The van der Waals surface area contributed by atoms with Crippen LogP contribution in [0.25, 0.3) is 11.5 Å². The van der Waals surface area contributed by atoms with Crippen molar-refractivity contribution in [2.45, 2.75) is 38.0 Å². The SMILES string of the molecule is Cl.N[C@@H]1C[C@@H](C(=O)NCc2noc(-c3ccc4c(c3)OCO4)n2)CC[C@H]1O. The molecule has 3 atom stereocenters. The summed E-state index contributed by atoms with van der Waals surface area (Å²) < 4.78 is 15.9. The summed E-state index contributed by atoms with van der Waals surface area (Å²) >= 11 is 0. The lowest BCUT2D eigenvalue weighted by molar-refractivity contribution is -0.127. The summed E-state index contributed by atoms with van der Waals surface area (Å²) in [5.74, 6) is 1.72.